The Bertz CT molecular complexity index is 879. The predicted octanol–water partition coefficient (Wildman–Crippen LogP) is 3.18. The number of nitrogens with one attached hydrogen (secondary N) is 1. The number of amides is 1. The number of ether oxygens (including phenoxy) is 3. The maximum atomic E-state index is 13.1. The molecule has 0 aromatic heterocycles. The van der Waals surface area contributed by atoms with E-state index in [9.17, 15) is 14.4 Å². The standard InChI is InChI=1S/C22H27Cl3N2O6/c1-4-33-18(28)13-17(27-9-11-32-12-10-27)14-21(20(30)31-3,22(23,24)25)26-19(29)16-7-5-15(2)6-8-16/h5-8,13H,4,9-12,14H2,1-3H3,(H,26,29)/b17-13-. The number of aryl methyl sites for hydroxylation is 1. The zero-order valence-electron chi connectivity index (χ0n) is 18.7. The van der Waals surface area contributed by atoms with Crippen LogP contribution in [-0.4, -0.2) is 72.1 Å². The minimum atomic E-state index is -2.33. The number of nitrogens with zero attached hydrogens (tertiary/aromatic N) is 1. The molecule has 0 saturated carbocycles. The molecular formula is C22H27Cl3N2O6. The molecule has 1 saturated heterocycles. The number of rotatable bonds is 8. The third-order valence-electron chi connectivity index (χ3n) is 5.09. The molecule has 0 spiro atoms. The van der Waals surface area contributed by atoms with Gasteiger partial charge in [0.15, 0.2) is 5.54 Å². The molecule has 0 radical (unpaired) electrons. The molecule has 1 unspecified atom stereocenters. The topological polar surface area (TPSA) is 94.2 Å². The van der Waals surface area contributed by atoms with E-state index < -0.39 is 27.2 Å². The summed E-state index contributed by atoms with van der Waals surface area (Å²) in [6.45, 7) is 5.34. The monoisotopic (exact) mass is 520 g/mol. The second kappa shape index (κ2) is 11.9. The van der Waals surface area contributed by atoms with Crippen LogP contribution in [0.15, 0.2) is 36.0 Å². The van der Waals surface area contributed by atoms with Crippen molar-refractivity contribution in [1.29, 1.82) is 0 Å². The van der Waals surface area contributed by atoms with Crippen LogP contribution in [-0.2, 0) is 23.8 Å². The normalized spacial score (nSPS) is 16.5. The highest BCUT2D eigenvalue weighted by Gasteiger charge is 2.57. The lowest BCUT2D eigenvalue weighted by Crippen LogP contribution is -2.64. The van der Waals surface area contributed by atoms with Gasteiger partial charge in [0.1, 0.15) is 0 Å². The molecule has 2 rings (SSSR count). The SMILES string of the molecule is CCOC(=O)/C=C(/CC(NC(=O)c1ccc(C)cc1)(C(=O)OC)C(Cl)(Cl)Cl)N1CCOCC1. The highest BCUT2D eigenvalue weighted by atomic mass is 35.6. The first-order valence-corrected chi connectivity index (χ1v) is 11.4. The Morgan fingerprint density at radius 1 is 1.15 bits per heavy atom. The lowest BCUT2D eigenvalue weighted by atomic mass is 9.92. The molecule has 0 bridgehead atoms. The van der Waals surface area contributed by atoms with E-state index in [1.54, 1.807) is 31.2 Å². The summed E-state index contributed by atoms with van der Waals surface area (Å²) >= 11 is 18.9. The van der Waals surface area contributed by atoms with E-state index in [1.807, 2.05) is 11.8 Å². The summed E-state index contributed by atoms with van der Waals surface area (Å²) in [5, 5.41) is 2.57. The number of morpholine rings is 1. The summed E-state index contributed by atoms with van der Waals surface area (Å²) in [7, 11) is 1.12. The Hall–Kier alpha value is -2.00. The van der Waals surface area contributed by atoms with Crippen molar-refractivity contribution in [2.75, 3.05) is 40.0 Å². The lowest BCUT2D eigenvalue weighted by Gasteiger charge is -2.41. The first-order valence-electron chi connectivity index (χ1n) is 10.3. The summed E-state index contributed by atoms with van der Waals surface area (Å²) in [4.78, 5) is 40.2. The van der Waals surface area contributed by atoms with Crippen molar-refractivity contribution < 1.29 is 28.6 Å². The van der Waals surface area contributed by atoms with E-state index in [-0.39, 0.29) is 18.6 Å². The summed E-state index contributed by atoms with van der Waals surface area (Å²) in [5.74, 6) is -2.26. The third-order valence-corrected chi connectivity index (χ3v) is 6.06. The molecule has 1 heterocycles. The van der Waals surface area contributed by atoms with Crippen molar-refractivity contribution in [1.82, 2.24) is 10.2 Å². The number of hydrogen-bond acceptors (Lipinski definition) is 7. The van der Waals surface area contributed by atoms with Crippen LogP contribution < -0.4 is 5.32 Å². The molecule has 1 amide bonds. The number of carbonyl (C=O) groups excluding carboxylic acids is 3. The van der Waals surface area contributed by atoms with Gasteiger partial charge in [0.2, 0.25) is 3.79 Å². The van der Waals surface area contributed by atoms with Crippen LogP contribution in [0.5, 0.6) is 0 Å². The smallest absolute Gasteiger partial charge is 0.336 e. The van der Waals surface area contributed by atoms with Crippen molar-refractivity contribution in [2.45, 2.75) is 29.6 Å². The van der Waals surface area contributed by atoms with Gasteiger partial charge in [0.05, 0.1) is 26.9 Å². The van der Waals surface area contributed by atoms with Gasteiger partial charge in [-0.1, -0.05) is 52.5 Å². The minimum absolute atomic E-state index is 0.155. The number of halogens is 3. The highest BCUT2D eigenvalue weighted by molar-refractivity contribution is 6.69. The number of hydrogen-bond donors (Lipinski definition) is 1. The molecule has 1 atom stereocenters. The van der Waals surface area contributed by atoms with Crippen LogP contribution in [0, 0.1) is 6.92 Å². The summed E-state index contributed by atoms with van der Waals surface area (Å²) < 4.78 is 13.0. The molecule has 1 N–H and O–H groups in total. The fraction of sp³-hybridized carbons (Fsp3) is 0.500. The second-order valence-electron chi connectivity index (χ2n) is 7.38. The van der Waals surface area contributed by atoms with E-state index in [2.05, 4.69) is 5.32 Å². The molecule has 1 aliphatic heterocycles. The Morgan fingerprint density at radius 2 is 1.76 bits per heavy atom. The second-order valence-corrected chi connectivity index (χ2v) is 9.66. The van der Waals surface area contributed by atoms with Gasteiger partial charge >= 0.3 is 11.9 Å². The van der Waals surface area contributed by atoms with Crippen molar-refractivity contribution in [2.24, 2.45) is 0 Å². The van der Waals surface area contributed by atoms with Crippen LogP contribution in [0.2, 0.25) is 0 Å². The largest absolute Gasteiger partial charge is 0.467 e. The van der Waals surface area contributed by atoms with Gasteiger partial charge in [-0.2, -0.15) is 0 Å². The fourth-order valence-corrected chi connectivity index (χ4v) is 3.87. The zero-order valence-corrected chi connectivity index (χ0v) is 20.9. The minimum Gasteiger partial charge on any atom is -0.467 e. The number of carbonyl (C=O) groups is 3. The first-order chi connectivity index (χ1) is 15.5. The molecule has 1 aromatic carbocycles. The molecular weight excluding hydrogens is 495 g/mol. The van der Waals surface area contributed by atoms with Gasteiger partial charge in [-0.3, -0.25) is 4.79 Å². The number of methoxy groups -OCH3 is 1. The van der Waals surface area contributed by atoms with Crippen molar-refractivity contribution in [3.63, 3.8) is 0 Å². The Kier molecular flexibility index (Phi) is 9.84. The van der Waals surface area contributed by atoms with Gasteiger partial charge in [0, 0.05) is 36.8 Å². The Morgan fingerprint density at radius 3 is 2.27 bits per heavy atom. The van der Waals surface area contributed by atoms with Gasteiger partial charge < -0.3 is 24.4 Å². The molecule has 0 aliphatic carbocycles. The summed E-state index contributed by atoms with van der Waals surface area (Å²) in [6.07, 6.45) is 0.882. The van der Waals surface area contributed by atoms with Gasteiger partial charge in [-0.25, -0.2) is 9.59 Å². The van der Waals surface area contributed by atoms with Gasteiger partial charge in [-0.15, -0.1) is 0 Å². The number of benzene rings is 1. The molecule has 1 fully saturated rings. The van der Waals surface area contributed by atoms with E-state index in [0.29, 0.717) is 32.0 Å². The zero-order chi connectivity index (χ0) is 24.6. The molecule has 1 aromatic rings. The van der Waals surface area contributed by atoms with Crippen molar-refractivity contribution >= 4 is 52.6 Å². The lowest BCUT2D eigenvalue weighted by molar-refractivity contribution is -0.148. The van der Waals surface area contributed by atoms with E-state index in [1.165, 1.54) is 6.08 Å². The van der Waals surface area contributed by atoms with E-state index in [4.69, 9.17) is 49.0 Å². The average molecular weight is 522 g/mol. The molecule has 8 nitrogen and oxygen atoms in total. The van der Waals surface area contributed by atoms with Crippen LogP contribution in [0.4, 0.5) is 0 Å². The van der Waals surface area contributed by atoms with Crippen LogP contribution in [0.25, 0.3) is 0 Å². The summed E-state index contributed by atoms with van der Waals surface area (Å²) in [6, 6.07) is 6.65. The Balaban J connectivity index is 2.53. The van der Waals surface area contributed by atoms with E-state index >= 15 is 0 Å². The number of esters is 2. The summed E-state index contributed by atoms with van der Waals surface area (Å²) in [5.41, 5.74) is -0.618. The average Bonchev–Trinajstić information content (AvgIpc) is 2.77. The van der Waals surface area contributed by atoms with Crippen molar-refractivity contribution in [3.8, 4) is 0 Å². The Labute approximate surface area is 208 Å². The molecule has 11 heteroatoms. The molecule has 1 aliphatic rings. The number of alkyl halides is 3. The van der Waals surface area contributed by atoms with Gasteiger partial charge in [0.25, 0.3) is 5.91 Å². The quantitative estimate of drug-likeness (QED) is 0.319. The maximum Gasteiger partial charge on any atom is 0.336 e. The van der Waals surface area contributed by atoms with Gasteiger partial charge in [-0.05, 0) is 26.0 Å². The third kappa shape index (κ3) is 6.99. The fourth-order valence-electron chi connectivity index (χ4n) is 3.30. The van der Waals surface area contributed by atoms with Crippen LogP contribution >= 0.6 is 34.8 Å². The van der Waals surface area contributed by atoms with Crippen LogP contribution in [0.1, 0.15) is 29.3 Å². The molecule has 182 valence electrons. The van der Waals surface area contributed by atoms with E-state index in [0.717, 1.165) is 12.7 Å². The highest BCUT2D eigenvalue weighted by Crippen LogP contribution is 2.43. The van der Waals surface area contributed by atoms with Crippen molar-refractivity contribution in [3.05, 3.63) is 47.2 Å². The molecule has 33 heavy (non-hydrogen) atoms. The first kappa shape index (κ1) is 27.2. The predicted molar refractivity (Wildman–Crippen MR) is 125 cm³/mol. The van der Waals surface area contributed by atoms with Crippen LogP contribution in [0.3, 0.4) is 0 Å². The maximum absolute atomic E-state index is 13.1.